The van der Waals surface area contributed by atoms with E-state index in [0.717, 1.165) is 5.56 Å². The Kier molecular flexibility index (Phi) is 6.63. The molecule has 0 aliphatic heterocycles. The molecule has 273 valence electrons. The Morgan fingerprint density at radius 2 is 1.44 bits per heavy atom. The maximum absolute atomic E-state index is 8.69. The summed E-state index contributed by atoms with van der Waals surface area (Å²) < 4.78 is 142. The molecular weight excluding hydrogens is 837 g/mol. The summed E-state index contributed by atoms with van der Waals surface area (Å²) in [5.41, 5.74) is 3.11. The van der Waals surface area contributed by atoms with Crippen LogP contribution in [0.3, 0.4) is 0 Å². The quantitative estimate of drug-likeness (QED) is 0.162. The van der Waals surface area contributed by atoms with Crippen LogP contribution in [0.25, 0.3) is 66.7 Å². The smallest absolute Gasteiger partial charge is 0.123 e. The van der Waals surface area contributed by atoms with Gasteiger partial charge in [-0.1, -0.05) is 129 Å². The second-order valence-corrected chi connectivity index (χ2v) is 13.6. The van der Waals surface area contributed by atoms with Crippen LogP contribution in [0, 0.1) is 51.8 Å². The van der Waals surface area contributed by atoms with Gasteiger partial charge >= 0.3 is 0 Å². The molecule has 0 amide bonds. The maximum Gasteiger partial charge on any atom is 0.123 e. The predicted molar refractivity (Wildman–Crippen MR) is 222 cm³/mol. The summed E-state index contributed by atoms with van der Waals surface area (Å²) in [4.78, 5) is 8.62. The number of fused-ring (bicyclic) bond motifs is 3. The molecule has 0 N–H and O–H groups in total. The molecule has 3 nitrogen and oxygen atoms in total. The van der Waals surface area contributed by atoms with Crippen molar-refractivity contribution < 1.29 is 47.8 Å². The van der Waals surface area contributed by atoms with Gasteiger partial charge in [0.25, 0.3) is 0 Å². The number of pyridine rings is 2. The molecule has 0 spiro atoms. The zero-order valence-electron chi connectivity index (χ0n) is 46.7. The molecule has 0 aliphatic carbocycles. The van der Waals surface area contributed by atoms with E-state index in [9.17, 15) is 0 Å². The van der Waals surface area contributed by atoms with Crippen LogP contribution in [0.1, 0.15) is 77.5 Å². The third-order valence-corrected chi connectivity index (χ3v) is 8.52. The van der Waals surface area contributed by atoms with E-state index in [1.807, 2.05) is 30.3 Å². The van der Waals surface area contributed by atoms with Crippen LogP contribution in [-0.2, 0) is 26.5 Å². The van der Waals surface area contributed by atoms with Gasteiger partial charge in [0.05, 0.1) is 5.58 Å². The molecule has 8 rings (SSSR count). The van der Waals surface area contributed by atoms with Crippen molar-refractivity contribution in [3.63, 3.8) is 0 Å². The minimum absolute atomic E-state index is 0. The Bertz CT molecular complexity index is 3200. The minimum atomic E-state index is -2.70. The number of hydrogen-bond donors (Lipinski definition) is 0. The molecule has 1 radical (unpaired) electrons. The van der Waals surface area contributed by atoms with Crippen molar-refractivity contribution >= 4 is 21.9 Å². The van der Waals surface area contributed by atoms with Crippen LogP contribution in [0.15, 0.2) is 126 Å². The fourth-order valence-electron chi connectivity index (χ4n) is 6.11. The molecule has 4 heteroatoms. The van der Waals surface area contributed by atoms with Crippen LogP contribution in [0.2, 0.25) is 0 Å². The first-order valence-electron chi connectivity index (χ1n) is 25.4. The fraction of sp³-hybridized carbons (Fsp3) is 0.200. The number of aryl methyl sites for hydroxylation is 5. The Morgan fingerprint density at radius 3 is 2.19 bits per heavy atom. The number of hydrogen-bond acceptors (Lipinski definition) is 3. The molecule has 0 bridgehead atoms. The molecule has 0 fully saturated rings. The van der Waals surface area contributed by atoms with E-state index in [-0.39, 0.29) is 75.9 Å². The van der Waals surface area contributed by atoms with E-state index >= 15 is 0 Å². The topological polar surface area (TPSA) is 38.9 Å². The molecule has 3 aromatic heterocycles. The van der Waals surface area contributed by atoms with E-state index in [1.54, 1.807) is 57.2 Å². The molecule has 0 unspecified atom stereocenters. The first-order chi connectivity index (χ1) is 32.3. The summed E-state index contributed by atoms with van der Waals surface area (Å²) in [5, 5.41) is 1.19. The van der Waals surface area contributed by atoms with Crippen LogP contribution in [0.5, 0.6) is 0 Å². The zero-order valence-corrected chi connectivity index (χ0v) is 32.1. The standard InChI is InChI=1S/C31H30NO.C19H16N.Ir/c1-19-9-7-10-24-25-11-8-12-26(30(25)33-29(19)24)28-16-27(21(3)18-32-28)23-14-13-22(15-20(23)2)17-31(4,5)6;1-14-8-11-19(20-13-14)17-10-9-15(2)18(12-17)16-6-4-3-5-7-16;/h7-11,13-16,18H,17H2,1-6H3;3-9,11-13H,1-2H3;/q2*-1;/i1D3,2D3,3D3,17D2;1D3,2D3;. The predicted octanol–water partition coefficient (Wildman–Crippen LogP) is 13.5. The Labute approximate surface area is 357 Å². The first kappa shape index (κ1) is 22.3. The number of benzene rings is 5. The van der Waals surface area contributed by atoms with Crippen molar-refractivity contribution in [2.75, 3.05) is 0 Å². The minimum Gasteiger partial charge on any atom is -0.500 e. The van der Waals surface area contributed by atoms with Gasteiger partial charge in [-0.25, -0.2) is 0 Å². The van der Waals surface area contributed by atoms with Gasteiger partial charge in [-0.05, 0) is 95.1 Å². The average Bonchev–Trinajstić information content (AvgIpc) is 3.66. The summed E-state index contributed by atoms with van der Waals surface area (Å²) in [5.74, 6) is 0. The number of nitrogens with zero attached hydrogens (tertiary/aromatic N) is 2. The molecule has 54 heavy (non-hydrogen) atoms. The van der Waals surface area contributed by atoms with Gasteiger partial charge in [-0.15, -0.1) is 47.5 Å². The second kappa shape index (κ2) is 16.1. The molecule has 0 saturated carbocycles. The molecule has 8 aromatic rings. The van der Waals surface area contributed by atoms with E-state index in [2.05, 4.69) is 22.1 Å². The van der Waals surface area contributed by atoms with Gasteiger partial charge in [-0.3, -0.25) is 0 Å². The van der Waals surface area contributed by atoms with Gasteiger partial charge in [0.15, 0.2) is 0 Å². The van der Waals surface area contributed by atoms with Gasteiger partial charge < -0.3 is 14.4 Å². The Morgan fingerprint density at radius 1 is 0.648 bits per heavy atom. The number of aromatic nitrogens is 2. The Balaban J connectivity index is 0.000000261. The van der Waals surface area contributed by atoms with Crippen molar-refractivity contribution in [1.29, 1.82) is 0 Å². The van der Waals surface area contributed by atoms with Crippen LogP contribution < -0.4 is 0 Å². The van der Waals surface area contributed by atoms with Crippen LogP contribution in [0.4, 0.5) is 0 Å². The SMILES string of the molecule is [2H]C([2H])([2H])c1ccc(-c2[c-]cc(C([2H])([2H])[2H])c(-c3ccccc3)c2)nc1.[2H]C([2H])([2H])c1cnc(-c2[c-]ccc3c2oc2c(C([2H])([2H])[2H])cccc23)cc1-c1ccc(C([2H])([2H])C(C)(C)C)cc1C([2H])([2H])[2H].[Ir]. The summed E-state index contributed by atoms with van der Waals surface area (Å²) in [6, 6.07) is 35.5. The fourth-order valence-corrected chi connectivity index (χ4v) is 6.11. The van der Waals surface area contributed by atoms with Crippen molar-refractivity contribution in [2.24, 2.45) is 5.41 Å². The summed E-state index contributed by atoms with van der Waals surface area (Å²) in [6.45, 7) is -7.12. The summed E-state index contributed by atoms with van der Waals surface area (Å²) >= 11 is 0. The Hall–Kier alpha value is -5.15. The van der Waals surface area contributed by atoms with Gasteiger partial charge in [0.2, 0.25) is 0 Å². The summed E-state index contributed by atoms with van der Waals surface area (Å²) in [7, 11) is 0. The normalized spacial score (nSPS) is 17.4. The monoisotopic (exact) mass is 900 g/mol. The van der Waals surface area contributed by atoms with Crippen molar-refractivity contribution in [2.45, 2.75) is 61.4 Å². The molecule has 5 aromatic carbocycles. The number of furan rings is 1. The molecule has 0 saturated heterocycles. The van der Waals surface area contributed by atoms with Crippen molar-refractivity contribution in [3.05, 3.63) is 167 Å². The molecular formula is C50H46IrN2O-2. The first-order valence-corrected chi connectivity index (χ1v) is 16.9. The van der Waals surface area contributed by atoms with Crippen LogP contribution in [-0.4, -0.2) is 9.97 Å². The maximum atomic E-state index is 8.69. The second-order valence-electron chi connectivity index (χ2n) is 13.6. The molecule has 0 atom stereocenters. The van der Waals surface area contributed by atoms with Gasteiger partial charge in [0.1, 0.15) is 5.58 Å². The third-order valence-electron chi connectivity index (χ3n) is 8.52. The van der Waals surface area contributed by atoms with Crippen LogP contribution >= 0.6 is 0 Å². The van der Waals surface area contributed by atoms with Gasteiger partial charge in [0, 0.05) is 61.2 Å². The number of rotatable bonds is 5. The van der Waals surface area contributed by atoms with E-state index in [1.165, 1.54) is 54.9 Å². The van der Waals surface area contributed by atoms with Crippen molar-refractivity contribution in [3.8, 4) is 44.8 Å². The average molecular weight is 900 g/mol. The number of para-hydroxylation sites is 1. The van der Waals surface area contributed by atoms with Crippen molar-refractivity contribution in [1.82, 2.24) is 9.97 Å². The zero-order chi connectivity index (χ0) is 51.6. The van der Waals surface area contributed by atoms with E-state index < -0.39 is 46.0 Å². The van der Waals surface area contributed by atoms with E-state index in [0.29, 0.717) is 38.7 Å². The largest absolute Gasteiger partial charge is 0.500 e. The van der Waals surface area contributed by atoms with Gasteiger partial charge in [-0.2, -0.15) is 0 Å². The molecule has 0 aliphatic rings. The summed E-state index contributed by atoms with van der Waals surface area (Å²) in [6.07, 6.45) is 0.601. The molecule has 3 heterocycles. The van der Waals surface area contributed by atoms with E-state index in [4.69, 9.17) is 27.7 Å². The third kappa shape index (κ3) is 8.31.